The Hall–Kier alpha value is -2.51. The molecule has 1 aliphatic heterocycles. The fraction of sp³-hybridized carbons (Fsp3) is 0.400. The maximum atomic E-state index is 14.5. The molecule has 6 nitrogen and oxygen atoms in total. The van der Waals surface area contributed by atoms with E-state index in [0.717, 1.165) is 18.5 Å². The molecule has 1 atom stereocenters. The normalized spacial score (nSPS) is 20.1. The Labute approximate surface area is 157 Å². The quantitative estimate of drug-likeness (QED) is 0.739. The van der Waals surface area contributed by atoms with Crippen LogP contribution in [0.25, 0.3) is 22.2 Å². The Morgan fingerprint density at radius 1 is 1.37 bits per heavy atom. The minimum absolute atomic E-state index is 0.331. The van der Waals surface area contributed by atoms with Crippen molar-refractivity contribution in [2.75, 3.05) is 20.2 Å². The third-order valence-electron chi connectivity index (χ3n) is 5.22. The molecule has 2 aromatic heterocycles. The number of rotatable bonds is 4. The summed E-state index contributed by atoms with van der Waals surface area (Å²) < 4.78 is 21.8. The first-order valence-corrected chi connectivity index (χ1v) is 9.20. The molecule has 142 valence electrons. The number of hydrogen-bond donors (Lipinski definition) is 2. The summed E-state index contributed by atoms with van der Waals surface area (Å²) in [5.74, 6) is 0.0327. The van der Waals surface area contributed by atoms with Crippen LogP contribution in [0.15, 0.2) is 30.5 Å². The molecule has 27 heavy (non-hydrogen) atoms. The SMILES string of the molecule is CCn1ncc2c(F)cc(-c3ccc(C4(O)CCCNC4)c(OC)n3)cc21. The van der Waals surface area contributed by atoms with Crippen molar-refractivity contribution < 1.29 is 14.2 Å². The van der Waals surface area contributed by atoms with Gasteiger partial charge in [0, 0.05) is 24.2 Å². The lowest BCUT2D eigenvalue weighted by Crippen LogP contribution is -2.43. The van der Waals surface area contributed by atoms with E-state index in [2.05, 4.69) is 15.4 Å². The van der Waals surface area contributed by atoms with Gasteiger partial charge in [-0.15, -0.1) is 0 Å². The van der Waals surface area contributed by atoms with Crippen LogP contribution in [-0.4, -0.2) is 40.1 Å². The summed E-state index contributed by atoms with van der Waals surface area (Å²) >= 11 is 0. The van der Waals surface area contributed by atoms with Crippen LogP contribution < -0.4 is 10.1 Å². The molecule has 0 amide bonds. The highest BCUT2D eigenvalue weighted by molar-refractivity contribution is 5.84. The Morgan fingerprint density at radius 2 is 2.22 bits per heavy atom. The van der Waals surface area contributed by atoms with Crippen molar-refractivity contribution in [3.05, 3.63) is 41.8 Å². The molecule has 0 aliphatic carbocycles. The molecule has 1 fully saturated rings. The standard InChI is InChI=1S/C20H23FN4O2/c1-3-25-18-10-13(9-16(21)14(18)11-23-25)17-6-5-15(19(24-17)27-2)20(26)7-4-8-22-12-20/h5-6,9-11,22,26H,3-4,7-8,12H2,1-2H3. The van der Waals surface area contributed by atoms with Gasteiger partial charge in [0.1, 0.15) is 11.4 Å². The van der Waals surface area contributed by atoms with Gasteiger partial charge >= 0.3 is 0 Å². The minimum Gasteiger partial charge on any atom is -0.481 e. The lowest BCUT2D eigenvalue weighted by molar-refractivity contribution is 0.00974. The van der Waals surface area contributed by atoms with E-state index in [-0.39, 0.29) is 5.82 Å². The predicted molar refractivity (Wildman–Crippen MR) is 101 cm³/mol. The number of aromatic nitrogens is 3. The molecule has 2 N–H and O–H groups in total. The number of pyridine rings is 1. The van der Waals surface area contributed by atoms with Gasteiger partial charge in [-0.2, -0.15) is 5.10 Å². The van der Waals surface area contributed by atoms with Gasteiger partial charge in [-0.1, -0.05) is 0 Å². The van der Waals surface area contributed by atoms with Gasteiger partial charge in [-0.3, -0.25) is 4.68 Å². The molecule has 0 spiro atoms. The highest BCUT2D eigenvalue weighted by Gasteiger charge is 2.34. The summed E-state index contributed by atoms with van der Waals surface area (Å²) in [5.41, 5.74) is 1.61. The number of hydrogen-bond acceptors (Lipinski definition) is 5. The number of aliphatic hydroxyl groups is 1. The largest absolute Gasteiger partial charge is 0.481 e. The summed E-state index contributed by atoms with van der Waals surface area (Å²) in [5, 5.41) is 18.9. The molecule has 0 radical (unpaired) electrons. The molecular weight excluding hydrogens is 347 g/mol. The van der Waals surface area contributed by atoms with Gasteiger partial charge in [0.15, 0.2) is 0 Å². The molecule has 3 aromatic rings. The molecule has 3 heterocycles. The van der Waals surface area contributed by atoms with Crippen molar-refractivity contribution in [2.45, 2.75) is 31.9 Å². The first-order chi connectivity index (χ1) is 13.1. The van der Waals surface area contributed by atoms with Crippen molar-refractivity contribution in [1.82, 2.24) is 20.1 Å². The monoisotopic (exact) mass is 370 g/mol. The lowest BCUT2D eigenvalue weighted by atomic mass is 9.87. The van der Waals surface area contributed by atoms with E-state index in [9.17, 15) is 9.50 Å². The zero-order chi connectivity index (χ0) is 19.0. The van der Waals surface area contributed by atoms with E-state index >= 15 is 0 Å². The number of halogens is 1. The van der Waals surface area contributed by atoms with Gasteiger partial charge < -0.3 is 15.2 Å². The molecule has 1 saturated heterocycles. The third kappa shape index (κ3) is 3.07. The average Bonchev–Trinajstić information content (AvgIpc) is 3.11. The van der Waals surface area contributed by atoms with Gasteiger partial charge in [0.25, 0.3) is 0 Å². The topological polar surface area (TPSA) is 72.2 Å². The number of nitrogens with one attached hydrogen (secondary N) is 1. The van der Waals surface area contributed by atoms with Crippen LogP contribution in [0.5, 0.6) is 5.88 Å². The van der Waals surface area contributed by atoms with E-state index in [0.29, 0.717) is 47.6 Å². The van der Waals surface area contributed by atoms with Gasteiger partial charge in [-0.05, 0) is 50.6 Å². The summed E-state index contributed by atoms with van der Waals surface area (Å²) in [6.45, 7) is 3.97. The van der Waals surface area contributed by atoms with Crippen molar-refractivity contribution in [2.24, 2.45) is 0 Å². The molecule has 0 bridgehead atoms. The molecule has 1 aromatic carbocycles. The maximum absolute atomic E-state index is 14.5. The fourth-order valence-electron chi connectivity index (χ4n) is 3.76. The summed E-state index contributed by atoms with van der Waals surface area (Å²) in [6.07, 6.45) is 3.07. The third-order valence-corrected chi connectivity index (χ3v) is 5.22. The number of fused-ring (bicyclic) bond motifs is 1. The van der Waals surface area contributed by atoms with Crippen LogP contribution >= 0.6 is 0 Å². The highest BCUT2D eigenvalue weighted by Crippen LogP contribution is 2.36. The molecule has 7 heteroatoms. The second-order valence-corrected chi connectivity index (χ2v) is 6.92. The molecule has 0 saturated carbocycles. The number of methoxy groups -OCH3 is 1. The zero-order valence-electron chi connectivity index (χ0n) is 15.5. The molecule has 1 aliphatic rings. The van der Waals surface area contributed by atoms with Crippen LogP contribution in [0.2, 0.25) is 0 Å². The predicted octanol–water partition coefficient (Wildman–Crippen LogP) is 2.84. The first-order valence-electron chi connectivity index (χ1n) is 9.20. The van der Waals surface area contributed by atoms with Crippen LogP contribution in [0.3, 0.4) is 0 Å². The minimum atomic E-state index is -1.01. The van der Waals surface area contributed by atoms with E-state index in [1.165, 1.54) is 13.2 Å². The maximum Gasteiger partial charge on any atom is 0.219 e. The van der Waals surface area contributed by atoms with Gasteiger partial charge in [-0.25, -0.2) is 9.37 Å². The summed E-state index contributed by atoms with van der Waals surface area (Å²) in [4.78, 5) is 4.56. The number of β-amino-alcohol motifs (C(OH)–C–C–N with tert-alkyl or cyclic N) is 1. The Morgan fingerprint density at radius 3 is 2.93 bits per heavy atom. The second kappa shape index (κ2) is 6.90. The molecular formula is C20H23FN4O2. The number of piperidine rings is 1. The van der Waals surface area contributed by atoms with E-state index in [4.69, 9.17) is 4.74 Å². The van der Waals surface area contributed by atoms with Gasteiger partial charge in [0.2, 0.25) is 5.88 Å². The van der Waals surface area contributed by atoms with E-state index in [1.807, 2.05) is 19.1 Å². The first kappa shape index (κ1) is 17.9. The molecule has 1 unspecified atom stereocenters. The van der Waals surface area contributed by atoms with Crippen LogP contribution in [0, 0.1) is 5.82 Å². The van der Waals surface area contributed by atoms with Gasteiger partial charge in [0.05, 0.1) is 29.9 Å². The second-order valence-electron chi connectivity index (χ2n) is 6.92. The Balaban J connectivity index is 1.80. The lowest BCUT2D eigenvalue weighted by Gasteiger charge is -2.33. The Kier molecular flexibility index (Phi) is 4.57. The molecule has 4 rings (SSSR count). The van der Waals surface area contributed by atoms with Crippen molar-refractivity contribution in [1.29, 1.82) is 0 Å². The smallest absolute Gasteiger partial charge is 0.219 e. The number of ether oxygens (including phenoxy) is 1. The van der Waals surface area contributed by atoms with Crippen molar-refractivity contribution in [3.63, 3.8) is 0 Å². The number of aryl methyl sites for hydroxylation is 1. The number of nitrogens with zero attached hydrogens (tertiary/aromatic N) is 3. The van der Waals surface area contributed by atoms with Crippen LogP contribution in [0.1, 0.15) is 25.3 Å². The van der Waals surface area contributed by atoms with Crippen molar-refractivity contribution in [3.8, 4) is 17.1 Å². The average molecular weight is 370 g/mol. The van der Waals surface area contributed by atoms with Crippen molar-refractivity contribution >= 4 is 10.9 Å². The number of benzene rings is 1. The zero-order valence-corrected chi connectivity index (χ0v) is 15.5. The highest BCUT2D eigenvalue weighted by atomic mass is 19.1. The fourth-order valence-corrected chi connectivity index (χ4v) is 3.76. The van der Waals surface area contributed by atoms with E-state index < -0.39 is 5.60 Å². The van der Waals surface area contributed by atoms with E-state index in [1.54, 1.807) is 16.9 Å². The summed E-state index contributed by atoms with van der Waals surface area (Å²) in [7, 11) is 1.53. The van der Waals surface area contributed by atoms with Crippen LogP contribution in [-0.2, 0) is 12.1 Å². The Bertz CT molecular complexity index is 980. The van der Waals surface area contributed by atoms with Crippen LogP contribution in [0.4, 0.5) is 4.39 Å². The summed E-state index contributed by atoms with van der Waals surface area (Å²) in [6, 6.07) is 6.97.